The molecule has 0 radical (unpaired) electrons. The van der Waals surface area contributed by atoms with Gasteiger partial charge in [-0.1, -0.05) is 11.6 Å². The molecule has 0 unspecified atom stereocenters. The van der Waals surface area contributed by atoms with Gasteiger partial charge in [0, 0.05) is 18.8 Å². The molecule has 1 aliphatic heterocycles. The van der Waals surface area contributed by atoms with Gasteiger partial charge >= 0.3 is 0 Å². The van der Waals surface area contributed by atoms with Gasteiger partial charge in [-0.25, -0.2) is 8.42 Å². The van der Waals surface area contributed by atoms with E-state index < -0.39 is 15.1 Å². The highest BCUT2D eigenvalue weighted by Crippen LogP contribution is 2.39. The molecular formula is C19H22ClNO4S. The van der Waals surface area contributed by atoms with E-state index in [2.05, 4.69) is 4.90 Å². The Hall–Kier alpha value is -1.92. The lowest BCUT2D eigenvalue weighted by molar-refractivity contribution is 0.403. The molecule has 0 fully saturated rings. The Morgan fingerprint density at radius 3 is 2.31 bits per heavy atom. The first kappa shape index (κ1) is 18.9. The summed E-state index contributed by atoms with van der Waals surface area (Å²) in [5.74, 6) is -0.479. The Kier molecular flexibility index (Phi) is 5.08. The summed E-state index contributed by atoms with van der Waals surface area (Å²) in [6.07, 6.45) is 1.31. The minimum absolute atomic E-state index is 0.203. The maximum absolute atomic E-state index is 12.2. The largest absolute Gasteiger partial charge is 0.504 e. The smallest absolute Gasteiger partial charge is 0.180 e. The van der Waals surface area contributed by atoms with Gasteiger partial charge in [0.25, 0.3) is 0 Å². The van der Waals surface area contributed by atoms with Crippen LogP contribution in [0, 0.1) is 0 Å². The fourth-order valence-corrected chi connectivity index (χ4v) is 4.57. The van der Waals surface area contributed by atoms with Crippen molar-refractivity contribution in [3.63, 3.8) is 0 Å². The normalized spacial score (nSPS) is 15.0. The fourth-order valence-electron chi connectivity index (χ4n) is 3.20. The molecule has 0 aliphatic carbocycles. The molecule has 1 heterocycles. The van der Waals surface area contributed by atoms with Crippen LogP contribution in [0.15, 0.2) is 35.2 Å². The van der Waals surface area contributed by atoms with E-state index >= 15 is 0 Å². The van der Waals surface area contributed by atoms with Crippen LogP contribution in [0.2, 0.25) is 5.02 Å². The summed E-state index contributed by atoms with van der Waals surface area (Å²) < 4.78 is 24.5. The molecule has 140 valence electrons. The van der Waals surface area contributed by atoms with Crippen molar-refractivity contribution >= 4 is 27.1 Å². The summed E-state index contributed by atoms with van der Waals surface area (Å²) in [7, 11) is -3.28. The van der Waals surface area contributed by atoms with Crippen molar-refractivity contribution < 1.29 is 18.6 Å². The second-order valence-electron chi connectivity index (χ2n) is 6.77. The minimum atomic E-state index is -3.28. The zero-order valence-electron chi connectivity index (χ0n) is 14.7. The number of nitrogens with zero attached hydrogens (tertiary/aromatic N) is 1. The Bertz CT molecular complexity index is 924. The highest BCUT2D eigenvalue weighted by Gasteiger charge is 2.22. The number of hydrogen-bond donors (Lipinski definition) is 2. The lowest BCUT2D eigenvalue weighted by atomic mass is 10.0. The molecular weight excluding hydrogens is 374 g/mol. The molecule has 0 amide bonds. The van der Waals surface area contributed by atoms with Crippen LogP contribution in [0.4, 0.5) is 5.69 Å². The Morgan fingerprint density at radius 2 is 1.69 bits per heavy atom. The maximum atomic E-state index is 12.2. The topological polar surface area (TPSA) is 77.8 Å². The van der Waals surface area contributed by atoms with Crippen LogP contribution in [0.25, 0.3) is 0 Å². The minimum Gasteiger partial charge on any atom is -0.504 e. The van der Waals surface area contributed by atoms with Crippen molar-refractivity contribution in [2.75, 3.05) is 18.0 Å². The predicted octanol–water partition coefficient (Wildman–Crippen LogP) is 3.54. The molecule has 0 saturated heterocycles. The first-order valence-corrected chi connectivity index (χ1v) is 10.5. The molecule has 0 atom stereocenters. The number of sulfone groups is 1. The van der Waals surface area contributed by atoms with Crippen molar-refractivity contribution in [1.29, 1.82) is 0 Å². The molecule has 0 bridgehead atoms. The van der Waals surface area contributed by atoms with Gasteiger partial charge in [-0.15, -0.1) is 0 Å². The molecule has 0 spiro atoms. The standard InChI is InChI=1S/C19H22ClNO4S/c1-12(2)26(24,25)15-5-3-14(4-6-15)21-9-7-13-11-17(22)19(23)18(20)16(13)8-10-21/h3-6,11-12,22-23H,7-10H2,1-2H3. The van der Waals surface area contributed by atoms with E-state index in [1.807, 2.05) is 12.1 Å². The summed E-state index contributed by atoms with van der Waals surface area (Å²) in [6, 6.07) is 8.50. The quantitative estimate of drug-likeness (QED) is 0.777. The summed E-state index contributed by atoms with van der Waals surface area (Å²) in [4.78, 5) is 2.48. The number of aromatic hydroxyl groups is 2. The first-order valence-electron chi connectivity index (χ1n) is 8.53. The number of hydrogen-bond acceptors (Lipinski definition) is 5. The predicted molar refractivity (Wildman–Crippen MR) is 103 cm³/mol. The summed E-state index contributed by atoms with van der Waals surface area (Å²) in [5.41, 5.74) is 2.71. The van der Waals surface area contributed by atoms with Gasteiger partial charge in [0.1, 0.15) is 0 Å². The molecule has 2 aromatic carbocycles. The van der Waals surface area contributed by atoms with Crippen LogP contribution in [0.5, 0.6) is 11.5 Å². The van der Waals surface area contributed by atoms with Crippen LogP contribution in [0.1, 0.15) is 25.0 Å². The number of fused-ring (bicyclic) bond motifs is 1. The van der Waals surface area contributed by atoms with Crippen LogP contribution >= 0.6 is 11.6 Å². The Labute approximate surface area is 158 Å². The third-order valence-electron chi connectivity index (χ3n) is 4.85. The number of halogens is 1. The van der Waals surface area contributed by atoms with E-state index in [0.717, 1.165) is 16.8 Å². The average Bonchev–Trinajstić information content (AvgIpc) is 2.82. The second kappa shape index (κ2) is 7.00. The van der Waals surface area contributed by atoms with Crippen molar-refractivity contribution in [3.05, 3.63) is 46.5 Å². The molecule has 2 N–H and O–H groups in total. The van der Waals surface area contributed by atoms with Gasteiger partial charge in [-0.05, 0) is 68.1 Å². The number of phenols is 2. The number of rotatable bonds is 3. The molecule has 2 aromatic rings. The van der Waals surface area contributed by atoms with E-state index in [4.69, 9.17) is 11.6 Å². The lowest BCUT2D eigenvalue weighted by Gasteiger charge is -2.23. The van der Waals surface area contributed by atoms with E-state index in [1.165, 1.54) is 0 Å². The summed E-state index contributed by atoms with van der Waals surface area (Å²) in [6.45, 7) is 4.74. The molecule has 3 rings (SSSR count). The number of benzene rings is 2. The molecule has 5 nitrogen and oxygen atoms in total. The van der Waals surface area contributed by atoms with Crippen molar-refractivity contribution in [1.82, 2.24) is 0 Å². The van der Waals surface area contributed by atoms with E-state index in [1.54, 1.807) is 32.0 Å². The van der Waals surface area contributed by atoms with Gasteiger partial charge in [0.05, 0.1) is 15.2 Å². The maximum Gasteiger partial charge on any atom is 0.180 e. The Morgan fingerprint density at radius 1 is 1.08 bits per heavy atom. The van der Waals surface area contributed by atoms with Gasteiger partial charge in [-0.3, -0.25) is 0 Å². The highest BCUT2D eigenvalue weighted by molar-refractivity contribution is 7.92. The van der Waals surface area contributed by atoms with E-state index in [0.29, 0.717) is 30.8 Å². The van der Waals surface area contributed by atoms with Gasteiger partial charge in [0.2, 0.25) is 0 Å². The Balaban J connectivity index is 1.84. The third kappa shape index (κ3) is 3.35. The van der Waals surface area contributed by atoms with Crippen LogP contribution in [-0.2, 0) is 22.7 Å². The molecule has 26 heavy (non-hydrogen) atoms. The number of anilines is 1. The van der Waals surface area contributed by atoms with Gasteiger partial charge in [-0.2, -0.15) is 0 Å². The van der Waals surface area contributed by atoms with Crippen LogP contribution < -0.4 is 4.90 Å². The van der Waals surface area contributed by atoms with E-state index in [-0.39, 0.29) is 16.5 Å². The highest BCUT2D eigenvalue weighted by atomic mass is 35.5. The second-order valence-corrected chi connectivity index (χ2v) is 9.65. The average molecular weight is 396 g/mol. The lowest BCUT2D eigenvalue weighted by Crippen LogP contribution is -2.26. The van der Waals surface area contributed by atoms with Crippen LogP contribution in [-0.4, -0.2) is 37.0 Å². The number of phenolic OH excluding ortho intramolecular Hbond substituents is 2. The van der Waals surface area contributed by atoms with Crippen LogP contribution in [0.3, 0.4) is 0 Å². The molecule has 0 saturated carbocycles. The molecule has 0 aromatic heterocycles. The van der Waals surface area contributed by atoms with Crippen molar-refractivity contribution in [3.8, 4) is 11.5 Å². The third-order valence-corrected chi connectivity index (χ3v) is 7.43. The zero-order valence-corrected chi connectivity index (χ0v) is 16.3. The van der Waals surface area contributed by atoms with Gasteiger partial charge in [0.15, 0.2) is 21.3 Å². The zero-order chi connectivity index (χ0) is 19.1. The molecule has 1 aliphatic rings. The fraction of sp³-hybridized carbons (Fsp3) is 0.368. The SMILES string of the molecule is CC(C)S(=O)(=O)c1ccc(N2CCc3cc(O)c(O)c(Cl)c3CC2)cc1. The monoisotopic (exact) mass is 395 g/mol. The van der Waals surface area contributed by atoms with Crippen molar-refractivity contribution in [2.45, 2.75) is 36.8 Å². The first-order chi connectivity index (χ1) is 12.2. The molecule has 7 heteroatoms. The summed E-state index contributed by atoms with van der Waals surface area (Å²) >= 11 is 6.19. The van der Waals surface area contributed by atoms with Gasteiger partial charge < -0.3 is 15.1 Å². The van der Waals surface area contributed by atoms with E-state index in [9.17, 15) is 18.6 Å². The van der Waals surface area contributed by atoms with Crippen molar-refractivity contribution in [2.24, 2.45) is 0 Å². The summed E-state index contributed by atoms with van der Waals surface area (Å²) in [5, 5.41) is 19.4.